The lowest BCUT2D eigenvalue weighted by Crippen LogP contribution is -2.60. The molecule has 2 amide bonds. The van der Waals surface area contributed by atoms with E-state index in [1.165, 1.54) is 0 Å². The molecule has 0 spiro atoms. The number of urea groups is 1. The van der Waals surface area contributed by atoms with E-state index in [0.29, 0.717) is 6.54 Å². The second-order valence-corrected chi connectivity index (χ2v) is 6.10. The molecule has 1 N–H and O–H groups in total. The number of pyridine rings is 1. The van der Waals surface area contributed by atoms with Crippen molar-refractivity contribution in [1.29, 1.82) is 0 Å². The van der Waals surface area contributed by atoms with E-state index in [1.807, 2.05) is 19.3 Å². The van der Waals surface area contributed by atoms with Crippen molar-refractivity contribution in [2.75, 3.05) is 13.6 Å². The standard InChI is InChI=1S/C12H16IN3O/c1-12(2)9(7-15-11(17)16(12)3)10-5-4-8(13)6-14-10/h4-6,9H,7H2,1-3H3,(H,15,17). The van der Waals surface area contributed by atoms with Crippen LogP contribution in [-0.4, -0.2) is 35.0 Å². The lowest BCUT2D eigenvalue weighted by molar-refractivity contribution is 0.111. The summed E-state index contributed by atoms with van der Waals surface area (Å²) in [5.41, 5.74) is 0.810. The molecule has 0 aromatic carbocycles. The number of hydrogen-bond donors (Lipinski definition) is 1. The first-order chi connectivity index (χ1) is 7.93. The van der Waals surface area contributed by atoms with Gasteiger partial charge in [-0.3, -0.25) is 4.98 Å². The molecule has 2 rings (SSSR count). The van der Waals surface area contributed by atoms with Gasteiger partial charge in [0.2, 0.25) is 0 Å². The monoisotopic (exact) mass is 345 g/mol. The maximum Gasteiger partial charge on any atom is 0.317 e. The summed E-state index contributed by atoms with van der Waals surface area (Å²) in [6.45, 7) is 4.80. The minimum Gasteiger partial charge on any atom is -0.337 e. The van der Waals surface area contributed by atoms with E-state index in [1.54, 1.807) is 4.90 Å². The zero-order chi connectivity index (χ0) is 12.6. The Morgan fingerprint density at radius 3 is 2.82 bits per heavy atom. The number of nitrogens with zero attached hydrogens (tertiary/aromatic N) is 2. The van der Waals surface area contributed by atoms with Gasteiger partial charge in [0, 0.05) is 40.5 Å². The fourth-order valence-electron chi connectivity index (χ4n) is 2.11. The Labute approximate surface area is 115 Å². The first-order valence-corrected chi connectivity index (χ1v) is 6.64. The number of amides is 2. The van der Waals surface area contributed by atoms with Gasteiger partial charge in [-0.2, -0.15) is 0 Å². The fourth-order valence-corrected chi connectivity index (χ4v) is 2.43. The number of carbonyl (C=O) groups excluding carboxylic acids is 1. The van der Waals surface area contributed by atoms with E-state index in [-0.39, 0.29) is 17.5 Å². The highest BCUT2D eigenvalue weighted by Crippen LogP contribution is 2.33. The fraction of sp³-hybridized carbons (Fsp3) is 0.500. The van der Waals surface area contributed by atoms with Crippen molar-refractivity contribution in [3.05, 3.63) is 27.6 Å². The largest absolute Gasteiger partial charge is 0.337 e. The van der Waals surface area contributed by atoms with Crippen LogP contribution in [0.4, 0.5) is 4.79 Å². The molecule has 92 valence electrons. The van der Waals surface area contributed by atoms with Gasteiger partial charge in [-0.05, 0) is 48.6 Å². The first-order valence-electron chi connectivity index (χ1n) is 5.56. The zero-order valence-electron chi connectivity index (χ0n) is 10.2. The van der Waals surface area contributed by atoms with Gasteiger partial charge in [0.15, 0.2) is 0 Å². The van der Waals surface area contributed by atoms with Crippen LogP contribution in [-0.2, 0) is 0 Å². The molecule has 4 nitrogen and oxygen atoms in total. The summed E-state index contributed by atoms with van der Waals surface area (Å²) >= 11 is 2.24. The van der Waals surface area contributed by atoms with Gasteiger partial charge in [-0.15, -0.1) is 0 Å². The number of rotatable bonds is 1. The van der Waals surface area contributed by atoms with Crippen LogP contribution in [0.1, 0.15) is 25.5 Å². The molecule has 17 heavy (non-hydrogen) atoms. The Bertz CT molecular complexity index is 430. The van der Waals surface area contributed by atoms with Crippen molar-refractivity contribution in [3.63, 3.8) is 0 Å². The van der Waals surface area contributed by atoms with Crippen LogP contribution in [0.5, 0.6) is 0 Å². The molecular formula is C12H16IN3O. The van der Waals surface area contributed by atoms with Crippen LogP contribution >= 0.6 is 22.6 Å². The van der Waals surface area contributed by atoms with Crippen molar-refractivity contribution in [2.45, 2.75) is 25.3 Å². The Morgan fingerprint density at radius 2 is 2.24 bits per heavy atom. The number of hydrogen-bond acceptors (Lipinski definition) is 2. The molecule has 1 aliphatic rings. The summed E-state index contributed by atoms with van der Waals surface area (Å²) in [7, 11) is 1.83. The molecule has 1 fully saturated rings. The van der Waals surface area contributed by atoms with Crippen LogP contribution in [0, 0.1) is 3.57 Å². The van der Waals surface area contributed by atoms with Crippen LogP contribution in [0.3, 0.4) is 0 Å². The summed E-state index contributed by atoms with van der Waals surface area (Å²) in [6, 6.07) is 4.08. The summed E-state index contributed by atoms with van der Waals surface area (Å²) in [5, 5.41) is 2.90. The van der Waals surface area contributed by atoms with Gasteiger partial charge in [0.05, 0.1) is 0 Å². The second kappa shape index (κ2) is 4.44. The van der Waals surface area contributed by atoms with Crippen molar-refractivity contribution in [2.24, 2.45) is 0 Å². The first kappa shape index (κ1) is 12.6. The molecule has 1 unspecified atom stereocenters. The maximum atomic E-state index is 11.6. The van der Waals surface area contributed by atoms with Crippen LogP contribution in [0.25, 0.3) is 0 Å². The zero-order valence-corrected chi connectivity index (χ0v) is 12.4. The van der Waals surface area contributed by atoms with Gasteiger partial charge in [-0.25, -0.2) is 4.79 Å². The third kappa shape index (κ3) is 2.25. The average Bonchev–Trinajstić information content (AvgIpc) is 2.28. The summed E-state index contributed by atoms with van der Waals surface area (Å²) < 4.78 is 1.12. The molecule has 1 atom stereocenters. The average molecular weight is 345 g/mol. The number of nitrogens with one attached hydrogen (secondary N) is 1. The molecule has 0 bridgehead atoms. The number of aromatic nitrogens is 1. The predicted molar refractivity (Wildman–Crippen MR) is 74.9 cm³/mol. The number of carbonyl (C=O) groups is 1. The predicted octanol–water partition coefficient (Wildman–Crippen LogP) is 2.20. The molecule has 2 heterocycles. The second-order valence-electron chi connectivity index (χ2n) is 4.85. The summed E-state index contributed by atoms with van der Waals surface area (Å²) in [5.74, 6) is 0.210. The Hall–Kier alpha value is -0.850. The Kier molecular flexibility index (Phi) is 3.29. The minimum absolute atomic E-state index is 0.0169. The van der Waals surface area contributed by atoms with Gasteiger partial charge in [0.25, 0.3) is 0 Å². The van der Waals surface area contributed by atoms with E-state index < -0.39 is 0 Å². The van der Waals surface area contributed by atoms with Crippen molar-refractivity contribution >= 4 is 28.6 Å². The van der Waals surface area contributed by atoms with Gasteiger partial charge in [-0.1, -0.05) is 0 Å². The van der Waals surface area contributed by atoms with Crippen LogP contribution in [0.15, 0.2) is 18.3 Å². The summed E-state index contributed by atoms with van der Waals surface area (Å²) in [4.78, 5) is 17.9. The SMILES string of the molecule is CN1C(=O)NCC(c2ccc(I)cn2)C1(C)C. The molecule has 5 heteroatoms. The lowest BCUT2D eigenvalue weighted by Gasteiger charge is -2.45. The molecule has 0 aliphatic carbocycles. The highest BCUT2D eigenvalue weighted by molar-refractivity contribution is 14.1. The molecule has 0 saturated carbocycles. The Morgan fingerprint density at radius 1 is 1.53 bits per heavy atom. The quantitative estimate of drug-likeness (QED) is 0.794. The van der Waals surface area contributed by atoms with Crippen molar-refractivity contribution < 1.29 is 4.79 Å². The molecule has 0 radical (unpaired) electrons. The van der Waals surface area contributed by atoms with Crippen LogP contribution < -0.4 is 5.32 Å². The highest BCUT2D eigenvalue weighted by atomic mass is 127. The van der Waals surface area contributed by atoms with Gasteiger partial charge >= 0.3 is 6.03 Å². The summed E-state index contributed by atoms with van der Waals surface area (Å²) in [6.07, 6.45) is 1.86. The lowest BCUT2D eigenvalue weighted by atomic mass is 9.82. The van der Waals surface area contributed by atoms with Crippen LogP contribution in [0.2, 0.25) is 0 Å². The van der Waals surface area contributed by atoms with Crippen molar-refractivity contribution in [3.8, 4) is 0 Å². The van der Waals surface area contributed by atoms with E-state index in [0.717, 1.165) is 9.26 Å². The normalized spacial score (nSPS) is 23.4. The molecule has 1 aromatic rings. The molecule has 1 aliphatic heterocycles. The molecular weight excluding hydrogens is 329 g/mol. The molecule has 1 aromatic heterocycles. The number of likely N-dealkylation sites (N-methyl/N-ethyl adjacent to an activating group) is 1. The number of halogens is 1. The smallest absolute Gasteiger partial charge is 0.317 e. The third-order valence-corrected chi connectivity index (χ3v) is 4.22. The minimum atomic E-state index is -0.220. The van der Waals surface area contributed by atoms with Gasteiger partial charge in [0.1, 0.15) is 0 Å². The van der Waals surface area contributed by atoms with E-state index >= 15 is 0 Å². The van der Waals surface area contributed by atoms with Crippen molar-refractivity contribution in [1.82, 2.24) is 15.2 Å². The Balaban J connectivity index is 2.32. The van der Waals surface area contributed by atoms with E-state index in [2.05, 4.69) is 52.8 Å². The third-order valence-electron chi connectivity index (χ3n) is 3.59. The van der Waals surface area contributed by atoms with Gasteiger partial charge < -0.3 is 10.2 Å². The topological polar surface area (TPSA) is 45.2 Å². The highest BCUT2D eigenvalue weighted by Gasteiger charge is 2.41. The van der Waals surface area contributed by atoms with E-state index in [4.69, 9.17) is 0 Å². The van der Waals surface area contributed by atoms with E-state index in [9.17, 15) is 4.79 Å². The molecule has 1 saturated heterocycles. The maximum absolute atomic E-state index is 11.6.